The monoisotopic (exact) mass is 870 g/mol. The molecule has 0 radical (unpaired) electrons. The highest BCUT2D eigenvalue weighted by molar-refractivity contribution is 5.97. The number of nitrogens with zero attached hydrogens (tertiary/aromatic N) is 6. The molecule has 0 unspecified atom stereocenters. The maximum absolute atomic E-state index is 6.86. The summed E-state index contributed by atoms with van der Waals surface area (Å²) in [5, 5.41) is 0. The molecule has 7 heteroatoms. The summed E-state index contributed by atoms with van der Waals surface area (Å²) in [5.41, 5.74) is 12.8. The Morgan fingerprint density at radius 1 is 0.250 bits per heavy atom. The summed E-state index contributed by atoms with van der Waals surface area (Å²) in [5.74, 6) is 4.99. The lowest BCUT2D eigenvalue weighted by atomic mass is 9.64. The first kappa shape index (κ1) is 39.2. The van der Waals surface area contributed by atoms with Crippen LogP contribution in [0.25, 0.3) is 90.6 Å². The van der Waals surface area contributed by atoms with E-state index in [9.17, 15) is 0 Å². The van der Waals surface area contributed by atoms with Crippen molar-refractivity contribution < 1.29 is 4.74 Å². The van der Waals surface area contributed by atoms with Gasteiger partial charge in [0.25, 0.3) is 0 Å². The Kier molecular flexibility index (Phi) is 9.25. The third kappa shape index (κ3) is 6.36. The molecule has 0 atom stereocenters. The quantitative estimate of drug-likeness (QED) is 0.158. The van der Waals surface area contributed by atoms with Gasteiger partial charge >= 0.3 is 0 Å². The van der Waals surface area contributed by atoms with Crippen molar-refractivity contribution in [3.05, 3.63) is 253 Å². The SMILES string of the molecule is c1ccc(-c2cccc(-c3nc(-c4ccccc4)nc(-c4cccc5c4C4(c6ccccc6Oc6ccccc64)c4c(-c6nc(-c7ccccc7)nc(-c7ccccc7)n6)cccc4-5)n3)c2)cc1. The van der Waals surface area contributed by atoms with E-state index in [0.29, 0.717) is 34.9 Å². The van der Waals surface area contributed by atoms with Crippen LogP contribution in [0.5, 0.6) is 11.5 Å². The van der Waals surface area contributed by atoms with E-state index in [1.807, 2.05) is 97.1 Å². The minimum atomic E-state index is -0.956. The van der Waals surface area contributed by atoms with Crippen LogP contribution in [0.3, 0.4) is 0 Å². The van der Waals surface area contributed by atoms with E-state index in [0.717, 1.165) is 89.4 Å². The molecule has 0 N–H and O–H groups in total. The van der Waals surface area contributed by atoms with Crippen molar-refractivity contribution in [2.45, 2.75) is 5.41 Å². The van der Waals surface area contributed by atoms with Crippen LogP contribution in [0.1, 0.15) is 22.3 Å². The fourth-order valence-corrected chi connectivity index (χ4v) is 10.1. The Hall–Kier alpha value is -9.20. The molecule has 2 aromatic heterocycles. The second kappa shape index (κ2) is 16.0. The van der Waals surface area contributed by atoms with Crippen LogP contribution in [0.2, 0.25) is 0 Å². The van der Waals surface area contributed by atoms with E-state index in [4.69, 9.17) is 34.6 Å². The molecule has 9 aromatic carbocycles. The number of benzene rings is 9. The fourth-order valence-electron chi connectivity index (χ4n) is 10.1. The van der Waals surface area contributed by atoms with Crippen LogP contribution in [0.15, 0.2) is 231 Å². The first-order valence-electron chi connectivity index (χ1n) is 22.7. The van der Waals surface area contributed by atoms with Gasteiger partial charge in [-0.15, -0.1) is 0 Å². The van der Waals surface area contributed by atoms with Gasteiger partial charge in [-0.05, 0) is 51.6 Å². The van der Waals surface area contributed by atoms with Gasteiger partial charge in [-0.1, -0.05) is 212 Å². The molecule has 0 amide bonds. The van der Waals surface area contributed by atoms with Crippen molar-refractivity contribution in [2.75, 3.05) is 0 Å². The van der Waals surface area contributed by atoms with Gasteiger partial charge in [0, 0.05) is 44.5 Å². The normalized spacial score (nSPS) is 12.6. The van der Waals surface area contributed by atoms with E-state index < -0.39 is 5.41 Å². The molecule has 0 bridgehead atoms. The lowest BCUT2D eigenvalue weighted by Crippen LogP contribution is -2.33. The minimum absolute atomic E-state index is 0.559. The molecule has 0 saturated heterocycles. The molecule has 1 spiro atoms. The smallest absolute Gasteiger partial charge is 0.164 e. The number of hydrogen-bond acceptors (Lipinski definition) is 7. The summed E-state index contributed by atoms with van der Waals surface area (Å²) < 4.78 is 6.86. The Bertz CT molecular complexity index is 3610. The molecule has 2 aliphatic rings. The zero-order chi connectivity index (χ0) is 45.0. The van der Waals surface area contributed by atoms with Crippen LogP contribution in [0.4, 0.5) is 0 Å². The summed E-state index contributed by atoms with van der Waals surface area (Å²) in [6.07, 6.45) is 0. The third-order valence-electron chi connectivity index (χ3n) is 13.0. The summed E-state index contributed by atoms with van der Waals surface area (Å²) in [6, 6.07) is 79.0. The molecule has 0 saturated carbocycles. The van der Waals surface area contributed by atoms with Crippen LogP contribution in [0, 0.1) is 0 Å². The van der Waals surface area contributed by atoms with Crippen LogP contribution in [-0.4, -0.2) is 29.9 Å². The van der Waals surface area contributed by atoms with Crippen molar-refractivity contribution in [1.82, 2.24) is 29.9 Å². The van der Waals surface area contributed by atoms with Gasteiger partial charge in [0.05, 0.1) is 5.41 Å². The Morgan fingerprint density at radius 3 is 1.03 bits per heavy atom. The van der Waals surface area contributed by atoms with Crippen molar-refractivity contribution in [2.24, 2.45) is 0 Å². The maximum Gasteiger partial charge on any atom is 0.164 e. The van der Waals surface area contributed by atoms with E-state index in [2.05, 4.69) is 133 Å². The summed E-state index contributed by atoms with van der Waals surface area (Å²) in [6.45, 7) is 0. The van der Waals surface area contributed by atoms with Gasteiger partial charge < -0.3 is 4.74 Å². The largest absolute Gasteiger partial charge is 0.457 e. The number of hydrogen-bond donors (Lipinski definition) is 0. The molecular weight excluding hydrogens is 833 g/mol. The average molecular weight is 871 g/mol. The van der Waals surface area contributed by atoms with Gasteiger partial charge in [-0.25, -0.2) is 29.9 Å². The standard InChI is InChI=1S/C61H38N6O/c1-5-20-39(21-6-1)43-28-17-29-44(38-43)58-63-57(42-26-11-4-12-27-42)66-60(67-58)48-33-19-31-46-45-30-18-32-47(59-64-55(40-22-7-2-8-23-40)62-56(65-59)41-24-9-3-10-25-41)53(45)61(54(46)48)49-34-13-15-36-51(49)68-52-37-16-14-35-50(52)61/h1-38H. The molecule has 11 aromatic rings. The lowest BCUT2D eigenvalue weighted by Gasteiger charge is -2.40. The number of aromatic nitrogens is 6. The molecule has 68 heavy (non-hydrogen) atoms. The van der Waals surface area contributed by atoms with E-state index in [-0.39, 0.29) is 0 Å². The molecule has 7 nitrogen and oxygen atoms in total. The van der Waals surface area contributed by atoms with E-state index >= 15 is 0 Å². The second-order valence-corrected chi connectivity index (χ2v) is 17.0. The molecule has 1 aliphatic carbocycles. The Morgan fingerprint density at radius 2 is 0.574 bits per heavy atom. The third-order valence-corrected chi connectivity index (χ3v) is 13.0. The number of ether oxygens (including phenoxy) is 1. The zero-order valence-corrected chi connectivity index (χ0v) is 36.5. The van der Waals surface area contributed by atoms with Crippen LogP contribution >= 0.6 is 0 Å². The summed E-state index contributed by atoms with van der Waals surface area (Å²) in [7, 11) is 0. The molecule has 13 rings (SSSR count). The van der Waals surface area contributed by atoms with E-state index in [1.54, 1.807) is 0 Å². The lowest BCUT2D eigenvalue weighted by molar-refractivity contribution is 0.436. The first-order chi connectivity index (χ1) is 33.7. The van der Waals surface area contributed by atoms with Gasteiger partial charge in [-0.3, -0.25) is 0 Å². The van der Waals surface area contributed by atoms with Crippen molar-refractivity contribution >= 4 is 0 Å². The van der Waals surface area contributed by atoms with Crippen molar-refractivity contribution in [3.63, 3.8) is 0 Å². The van der Waals surface area contributed by atoms with E-state index in [1.165, 1.54) is 0 Å². The Balaban J connectivity index is 1.11. The van der Waals surface area contributed by atoms with Gasteiger partial charge in [-0.2, -0.15) is 0 Å². The van der Waals surface area contributed by atoms with Crippen LogP contribution in [-0.2, 0) is 5.41 Å². The van der Waals surface area contributed by atoms with Gasteiger partial charge in [0.1, 0.15) is 11.5 Å². The number of fused-ring (bicyclic) bond motifs is 9. The number of rotatable bonds is 7. The van der Waals surface area contributed by atoms with Crippen molar-refractivity contribution in [1.29, 1.82) is 0 Å². The predicted octanol–water partition coefficient (Wildman–Crippen LogP) is 14.2. The summed E-state index contributed by atoms with van der Waals surface area (Å²) >= 11 is 0. The number of para-hydroxylation sites is 2. The average Bonchev–Trinajstić information content (AvgIpc) is 3.72. The van der Waals surface area contributed by atoms with Gasteiger partial charge in [0.2, 0.25) is 0 Å². The molecule has 0 fully saturated rings. The molecule has 3 heterocycles. The topological polar surface area (TPSA) is 86.6 Å². The van der Waals surface area contributed by atoms with Gasteiger partial charge in [0.15, 0.2) is 34.9 Å². The van der Waals surface area contributed by atoms with Crippen molar-refractivity contribution in [3.8, 4) is 102 Å². The van der Waals surface area contributed by atoms with Crippen LogP contribution < -0.4 is 4.74 Å². The first-order valence-corrected chi connectivity index (χ1v) is 22.7. The highest BCUT2D eigenvalue weighted by Crippen LogP contribution is 2.65. The highest BCUT2D eigenvalue weighted by atomic mass is 16.5. The minimum Gasteiger partial charge on any atom is -0.457 e. The highest BCUT2D eigenvalue weighted by Gasteiger charge is 2.54. The molecular formula is C61H38N6O. The Labute approximate surface area is 393 Å². The molecule has 318 valence electrons. The summed E-state index contributed by atoms with van der Waals surface area (Å²) in [4.78, 5) is 31.8. The predicted molar refractivity (Wildman–Crippen MR) is 269 cm³/mol. The molecule has 1 aliphatic heterocycles. The zero-order valence-electron chi connectivity index (χ0n) is 36.5. The fraction of sp³-hybridized carbons (Fsp3) is 0.0164. The maximum atomic E-state index is 6.86. The second-order valence-electron chi connectivity index (χ2n) is 17.0.